The number of carbonyl (C=O) groups is 2. The molecule has 2 heterocycles. The summed E-state index contributed by atoms with van der Waals surface area (Å²) in [5, 5.41) is 23.2. The lowest BCUT2D eigenvalue weighted by Gasteiger charge is -2.27. The number of aliphatic carboxylic acids is 1. The molecule has 20 heavy (non-hydrogen) atoms. The van der Waals surface area contributed by atoms with Crippen molar-refractivity contribution in [3.8, 4) is 5.75 Å². The lowest BCUT2D eigenvalue weighted by Crippen LogP contribution is -2.46. The Kier molecular flexibility index (Phi) is 3.10. The molecule has 4 atom stereocenters. The molecule has 2 N–H and O–H groups in total. The van der Waals surface area contributed by atoms with Crippen LogP contribution < -0.4 is 10.4 Å². The van der Waals surface area contributed by atoms with E-state index in [4.69, 9.17) is 4.74 Å². The molecule has 6 nitrogen and oxygen atoms in total. The molecule has 0 saturated carbocycles. The van der Waals surface area contributed by atoms with E-state index in [9.17, 15) is 19.8 Å². The van der Waals surface area contributed by atoms with Crippen molar-refractivity contribution in [3.63, 3.8) is 0 Å². The maximum Gasteiger partial charge on any atom is 0.230 e. The number of carboxylic acids is 1. The molecule has 0 aliphatic carbocycles. The number of ether oxygens (including phenoxy) is 1. The van der Waals surface area contributed by atoms with Crippen molar-refractivity contribution >= 4 is 17.6 Å². The first-order chi connectivity index (χ1) is 9.56. The summed E-state index contributed by atoms with van der Waals surface area (Å²) in [5.41, 5.74) is 0.426. The number of nitrogens with one attached hydrogen (secondary N) is 1. The predicted octanol–water partition coefficient (Wildman–Crippen LogP) is -0.126. The summed E-state index contributed by atoms with van der Waals surface area (Å²) in [6, 6.07) is 6.11. The van der Waals surface area contributed by atoms with Gasteiger partial charge in [-0.3, -0.25) is 4.79 Å². The number of carbonyl (C=O) groups excluding carboxylic acids is 2. The van der Waals surface area contributed by atoms with Gasteiger partial charge in [-0.25, -0.2) is 0 Å². The highest BCUT2D eigenvalue weighted by Crippen LogP contribution is 2.43. The van der Waals surface area contributed by atoms with Crippen LogP contribution >= 0.6 is 0 Å². The van der Waals surface area contributed by atoms with Crippen molar-refractivity contribution < 1.29 is 24.5 Å². The van der Waals surface area contributed by atoms with Crippen LogP contribution in [-0.2, 0) is 14.3 Å². The van der Waals surface area contributed by atoms with Gasteiger partial charge in [0.25, 0.3) is 0 Å². The van der Waals surface area contributed by atoms with Crippen LogP contribution in [0.15, 0.2) is 24.3 Å². The van der Waals surface area contributed by atoms with Crippen molar-refractivity contribution in [1.82, 2.24) is 0 Å². The summed E-state index contributed by atoms with van der Waals surface area (Å²) in [5.74, 6) is -3.25. The first-order valence-electron chi connectivity index (χ1n) is 6.52. The van der Waals surface area contributed by atoms with Crippen LogP contribution in [0.5, 0.6) is 5.75 Å². The molecule has 0 radical (unpaired) electrons. The number of aromatic hydroxyl groups is 1. The van der Waals surface area contributed by atoms with E-state index in [0.29, 0.717) is 18.5 Å². The molecule has 2 aliphatic rings. The Morgan fingerprint density at radius 2 is 1.95 bits per heavy atom. The predicted molar refractivity (Wildman–Crippen MR) is 66.6 cm³/mol. The maximum atomic E-state index is 12.3. The molecule has 2 aliphatic heterocycles. The van der Waals surface area contributed by atoms with Gasteiger partial charge in [0.1, 0.15) is 5.75 Å². The second-order valence-electron chi connectivity index (χ2n) is 5.20. The van der Waals surface area contributed by atoms with Gasteiger partial charge in [-0.2, -0.15) is 0 Å². The van der Waals surface area contributed by atoms with E-state index in [0.717, 1.165) is 0 Å². The molecule has 2 fully saturated rings. The van der Waals surface area contributed by atoms with E-state index in [1.807, 2.05) is 0 Å². The first kappa shape index (κ1) is 12.9. The van der Waals surface area contributed by atoms with Crippen molar-refractivity contribution in [2.24, 2.45) is 11.8 Å². The van der Waals surface area contributed by atoms with Crippen LogP contribution in [0.4, 0.5) is 5.69 Å². The normalized spacial score (nSPS) is 31.2. The SMILES string of the molecule is O=C([O-])[C@@H]1[C@H](C(=O)Nc2cccc(O)c2)[C@@H]2CC[C@H]1O2. The molecule has 6 heteroatoms. The number of benzene rings is 1. The molecular formula is C14H14NO5-. The third-order valence-electron chi connectivity index (χ3n) is 3.96. The second kappa shape index (κ2) is 4.79. The number of rotatable bonds is 3. The summed E-state index contributed by atoms with van der Waals surface area (Å²) >= 11 is 0. The third kappa shape index (κ3) is 2.12. The van der Waals surface area contributed by atoms with Crippen LogP contribution in [0, 0.1) is 11.8 Å². The van der Waals surface area contributed by atoms with E-state index >= 15 is 0 Å². The highest BCUT2D eigenvalue weighted by Gasteiger charge is 2.52. The Bertz CT molecular complexity index is 558. The zero-order valence-corrected chi connectivity index (χ0v) is 10.6. The van der Waals surface area contributed by atoms with Crippen molar-refractivity contribution in [3.05, 3.63) is 24.3 Å². The minimum atomic E-state index is -1.24. The van der Waals surface area contributed by atoms with E-state index in [1.165, 1.54) is 12.1 Å². The average molecular weight is 276 g/mol. The molecular weight excluding hydrogens is 262 g/mol. The summed E-state index contributed by atoms with van der Waals surface area (Å²) in [4.78, 5) is 23.5. The van der Waals surface area contributed by atoms with Gasteiger partial charge in [-0.15, -0.1) is 0 Å². The van der Waals surface area contributed by atoms with Gasteiger partial charge in [0, 0.05) is 23.6 Å². The van der Waals surface area contributed by atoms with Crippen LogP contribution in [0.1, 0.15) is 12.8 Å². The molecule has 0 aromatic heterocycles. The minimum Gasteiger partial charge on any atom is -0.550 e. The molecule has 1 aromatic carbocycles. The van der Waals surface area contributed by atoms with Gasteiger partial charge in [0.2, 0.25) is 5.91 Å². The summed E-state index contributed by atoms with van der Waals surface area (Å²) in [6.07, 6.45) is 0.552. The number of amides is 1. The molecule has 0 spiro atoms. The Morgan fingerprint density at radius 1 is 1.25 bits per heavy atom. The lowest BCUT2D eigenvalue weighted by molar-refractivity contribution is -0.313. The standard InChI is InChI=1S/C14H15NO5/c16-8-3-1-2-7(6-8)15-13(17)11-9-4-5-10(20-9)12(11)14(18)19/h1-3,6,9-12,16H,4-5H2,(H,15,17)(H,18,19)/p-1/t9-,10+,11+,12-/m0/s1. The fraction of sp³-hybridized carbons (Fsp3) is 0.429. The van der Waals surface area contributed by atoms with Gasteiger partial charge in [-0.1, -0.05) is 6.07 Å². The van der Waals surface area contributed by atoms with E-state index in [1.54, 1.807) is 12.1 Å². The zero-order chi connectivity index (χ0) is 14.3. The Hall–Kier alpha value is -2.08. The number of phenols is 1. The van der Waals surface area contributed by atoms with Crippen LogP contribution in [0.25, 0.3) is 0 Å². The number of anilines is 1. The van der Waals surface area contributed by atoms with Gasteiger partial charge >= 0.3 is 0 Å². The van der Waals surface area contributed by atoms with Crippen LogP contribution in [-0.4, -0.2) is 29.2 Å². The molecule has 106 valence electrons. The van der Waals surface area contributed by atoms with E-state index in [-0.39, 0.29) is 11.9 Å². The fourth-order valence-corrected chi connectivity index (χ4v) is 3.12. The van der Waals surface area contributed by atoms with Gasteiger partial charge in [0.15, 0.2) is 0 Å². The lowest BCUT2D eigenvalue weighted by atomic mass is 9.78. The Labute approximate surface area is 115 Å². The molecule has 1 amide bonds. The second-order valence-corrected chi connectivity index (χ2v) is 5.20. The van der Waals surface area contributed by atoms with Gasteiger partial charge < -0.3 is 25.1 Å². The molecule has 1 aromatic rings. The number of hydrogen-bond acceptors (Lipinski definition) is 5. The monoisotopic (exact) mass is 276 g/mol. The first-order valence-corrected chi connectivity index (χ1v) is 6.52. The van der Waals surface area contributed by atoms with Crippen molar-refractivity contribution in [2.45, 2.75) is 25.0 Å². The summed E-state index contributed by atoms with van der Waals surface area (Å²) in [7, 11) is 0. The van der Waals surface area contributed by atoms with Crippen LogP contribution in [0.3, 0.4) is 0 Å². The summed E-state index contributed by atoms with van der Waals surface area (Å²) in [6.45, 7) is 0. The molecule has 2 saturated heterocycles. The number of fused-ring (bicyclic) bond motifs is 2. The zero-order valence-electron chi connectivity index (χ0n) is 10.6. The van der Waals surface area contributed by atoms with Crippen molar-refractivity contribution in [2.75, 3.05) is 5.32 Å². The van der Waals surface area contributed by atoms with Crippen molar-refractivity contribution in [1.29, 1.82) is 0 Å². The van der Waals surface area contributed by atoms with Gasteiger partial charge in [0.05, 0.1) is 18.1 Å². The molecule has 0 unspecified atom stereocenters. The summed E-state index contributed by atoms with van der Waals surface area (Å²) < 4.78 is 5.51. The largest absolute Gasteiger partial charge is 0.550 e. The molecule has 2 bridgehead atoms. The quantitative estimate of drug-likeness (QED) is 0.801. The van der Waals surface area contributed by atoms with Gasteiger partial charge in [-0.05, 0) is 25.0 Å². The third-order valence-corrected chi connectivity index (χ3v) is 3.96. The number of hydrogen-bond donors (Lipinski definition) is 2. The number of carboxylic acid groups (broad SMARTS) is 1. The highest BCUT2D eigenvalue weighted by atomic mass is 16.5. The smallest absolute Gasteiger partial charge is 0.230 e. The minimum absolute atomic E-state index is 0.0310. The fourth-order valence-electron chi connectivity index (χ4n) is 3.12. The topological polar surface area (TPSA) is 98.7 Å². The maximum absolute atomic E-state index is 12.3. The Balaban J connectivity index is 1.78. The number of phenolic OH excluding ortho intramolecular Hbond substituents is 1. The van der Waals surface area contributed by atoms with E-state index < -0.39 is 29.8 Å². The Morgan fingerprint density at radius 3 is 2.60 bits per heavy atom. The average Bonchev–Trinajstić information content (AvgIpc) is 2.98. The highest BCUT2D eigenvalue weighted by molar-refractivity contribution is 5.96. The van der Waals surface area contributed by atoms with Crippen LogP contribution in [0.2, 0.25) is 0 Å². The van der Waals surface area contributed by atoms with E-state index in [2.05, 4.69) is 5.32 Å². The molecule has 3 rings (SSSR count).